The van der Waals surface area contributed by atoms with Crippen molar-refractivity contribution in [3.63, 3.8) is 0 Å². The van der Waals surface area contributed by atoms with Crippen molar-refractivity contribution in [1.82, 2.24) is 4.90 Å². The lowest BCUT2D eigenvalue weighted by Gasteiger charge is -2.24. The van der Waals surface area contributed by atoms with E-state index >= 15 is 0 Å². The lowest BCUT2D eigenvalue weighted by Crippen LogP contribution is -2.37. The Bertz CT molecular complexity index is 216. The van der Waals surface area contributed by atoms with Crippen LogP contribution in [-0.4, -0.2) is 36.1 Å². The molecule has 15 heavy (non-hydrogen) atoms. The van der Waals surface area contributed by atoms with Crippen LogP contribution < -0.4 is 0 Å². The Morgan fingerprint density at radius 1 is 1.40 bits per heavy atom. The van der Waals surface area contributed by atoms with Crippen molar-refractivity contribution in [3.05, 3.63) is 0 Å². The highest BCUT2D eigenvalue weighted by Crippen LogP contribution is 2.29. The van der Waals surface area contributed by atoms with Crippen molar-refractivity contribution in [3.8, 4) is 0 Å². The Kier molecular flexibility index (Phi) is 4.14. The van der Waals surface area contributed by atoms with Gasteiger partial charge in [0.1, 0.15) is 6.61 Å². The highest BCUT2D eigenvalue weighted by Gasteiger charge is 2.26. The topological polar surface area (TPSA) is 29.5 Å². The van der Waals surface area contributed by atoms with Gasteiger partial charge in [-0.2, -0.15) is 0 Å². The van der Waals surface area contributed by atoms with Crippen molar-refractivity contribution in [2.75, 3.05) is 19.7 Å². The summed E-state index contributed by atoms with van der Waals surface area (Å²) in [6.45, 7) is 9.86. The van der Waals surface area contributed by atoms with Gasteiger partial charge >= 0.3 is 0 Å². The molecular formula is C12H23NO2. The van der Waals surface area contributed by atoms with E-state index in [9.17, 15) is 4.79 Å². The number of carbonyl (C=O) groups is 1. The number of carbonyl (C=O) groups excluding carboxylic acids is 1. The molecule has 0 saturated heterocycles. The molecule has 3 nitrogen and oxygen atoms in total. The fraction of sp³-hybridized carbons (Fsp3) is 0.917. The molecule has 0 bridgehead atoms. The van der Waals surface area contributed by atoms with E-state index in [1.807, 2.05) is 32.6 Å². The number of amides is 1. The predicted octanol–water partition coefficient (Wildman–Crippen LogP) is 2.06. The number of rotatable bonds is 5. The minimum Gasteiger partial charge on any atom is -0.366 e. The molecule has 0 unspecified atom stereocenters. The molecule has 1 aliphatic carbocycles. The van der Waals surface area contributed by atoms with Crippen LogP contribution in [0.2, 0.25) is 0 Å². The number of ether oxygens (including phenoxy) is 1. The summed E-state index contributed by atoms with van der Waals surface area (Å²) in [5.74, 6) is 0.878. The Hall–Kier alpha value is -0.570. The third kappa shape index (κ3) is 5.17. The van der Waals surface area contributed by atoms with Crippen LogP contribution in [0.5, 0.6) is 0 Å². The van der Waals surface area contributed by atoms with Gasteiger partial charge in [-0.15, -0.1) is 0 Å². The number of likely N-dealkylation sites (N-methyl/N-ethyl adjacent to an activating group) is 1. The van der Waals surface area contributed by atoms with E-state index < -0.39 is 0 Å². The molecule has 1 saturated carbocycles. The molecule has 0 radical (unpaired) electrons. The average Bonchev–Trinajstić information content (AvgIpc) is 2.92. The molecule has 0 aromatic carbocycles. The van der Waals surface area contributed by atoms with E-state index in [1.54, 1.807) is 0 Å². The Balaban J connectivity index is 2.28. The van der Waals surface area contributed by atoms with Crippen LogP contribution in [0.25, 0.3) is 0 Å². The van der Waals surface area contributed by atoms with Crippen molar-refractivity contribution in [2.24, 2.45) is 5.92 Å². The van der Waals surface area contributed by atoms with Crippen LogP contribution in [0, 0.1) is 5.92 Å². The van der Waals surface area contributed by atoms with Crippen molar-refractivity contribution in [2.45, 2.75) is 46.1 Å². The summed E-state index contributed by atoms with van der Waals surface area (Å²) in [6, 6.07) is 0. The summed E-state index contributed by atoms with van der Waals surface area (Å²) in [4.78, 5) is 13.7. The number of nitrogens with zero attached hydrogens (tertiary/aromatic N) is 1. The third-order valence-electron chi connectivity index (χ3n) is 2.54. The second-order valence-electron chi connectivity index (χ2n) is 5.28. The zero-order valence-electron chi connectivity index (χ0n) is 10.4. The van der Waals surface area contributed by atoms with Crippen molar-refractivity contribution >= 4 is 5.91 Å². The molecule has 1 rings (SSSR count). The summed E-state index contributed by atoms with van der Waals surface area (Å²) < 4.78 is 5.48. The van der Waals surface area contributed by atoms with Gasteiger partial charge in [-0.3, -0.25) is 4.79 Å². The van der Waals surface area contributed by atoms with Gasteiger partial charge in [-0.1, -0.05) is 0 Å². The Morgan fingerprint density at radius 2 is 2.00 bits per heavy atom. The fourth-order valence-electron chi connectivity index (χ4n) is 1.39. The van der Waals surface area contributed by atoms with E-state index in [-0.39, 0.29) is 18.1 Å². The molecule has 0 atom stereocenters. The predicted molar refractivity (Wildman–Crippen MR) is 60.7 cm³/mol. The Labute approximate surface area is 92.8 Å². The first kappa shape index (κ1) is 12.5. The largest absolute Gasteiger partial charge is 0.366 e. The standard InChI is InChI=1S/C12H23NO2/c1-5-13(8-10-6-7-10)11(14)9-15-12(2,3)4/h10H,5-9H2,1-4H3. The van der Waals surface area contributed by atoms with Crippen LogP contribution >= 0.6 is 0 Å². The SMILES string of the molecule is CCN(CC1CC1)C(=O)COC(C)(C)C. The van der Waals surface area contributed by atoms with E-state index in [2.05, 4.69) is 0 Å². The second-order valence-corrected chi connectivity index (χ2v) is 5.28. The summed E-state index contributed by atoms with van der Waals surface area (Å²) in [5.41, 5.74) is -0.228. The van der Waals surface area contributed by atoms with E-state index in [0.717, 1.165) is 19.0 Å². The fourth-order valence-corrected chi connectivity index (χ4v) is 1.39. The monoisotopic (exact) mass is 213 g/mol. The normalized spacial score (nSPS) is 16.5. The quantitative estimate of drug-likeness (QED) is 0.699. The minimum absolute atomic E-state index is 0.124. The molecule has 0 heterocycles. The van der Waals surface area contributed by atoms with Gasteiger partial charge in [0, 0.05) is 13.1 Å². The summed E-state index contributed by atoms with van der Waals surface area (Å²) in [5, 5.41) is 0. The van der Waals surface area contributed by atoms with E-state index in [0.29, 0.717) is 0 Å². The van der Waals surface area contributed by atoms with Gasteiger partial charge in [-0.25, -0.2) is 0 Å². The van der Waals surface area contributed by atoms with Crippen molar-refractivity contribution in [1.29, 1.82) is 0 Å². The number of hydrogen-bond donors (Lipinski definition) is 0. The first-order valence-corrected chi connectivity index (χ1v) is 5.84. The van der Waals surface area contributed by atoms with E-state index in [4.69, 9.17) is 4.74 Å². The smallest absolute Gasteiger partial charge is 0.248 e. The molecular weight excluding hydrogens is 190 g/mol. The van der Waals surface area contributed by atoms with Crippen LogP contribution in [-0.2, 0) is 9.53 Å². The molecule has 1 aliphatic rings. The van der Waals surface area contributed by atoms with Crippen LogP contribution in [0.15, 0.2) is 0 Å². The van der Waals surface area contributed by atoms with Gasteiger partial charge in [0.25, 0.3) is 0 Å². The minimum atomic E-state index is -0.228. The first-order valence-electron chi connectivity index (χ1n) is 5.84. The van der Waals surface area contributed by atoms with Gasteiger partial charge in [0.05, 0.1) is 5.60 Å². The maximum Gasteiger partial charge on any atom is 0.248 e. The van der Waals surface area contributed by atoms with Gasteiger partial charge in [0.2, 0.25) is 5.91 Å². The maximum absolute atomic E-state index is 11.8. The molecule has 1 amide bonds. The second kappa shape index (κ2) is 4.97. The summed E-state index contributed by atoms with van der Waals surface area (Å²) in [6.07, 6.45) is 2.56. The maximum atomic E-state index is 11.8. The molecule has 0 aromatic rings. The lowest BCUT2D eigenvalue weighted by molar-refractivity contribution is -0.141. The molecule has 0 aliphatic heterocycles. The number of hydrogen-bond acceptors (Lipinski definition) is 2. The van der Waals surface area contributed by atoms with Gasteiger partial charge in [0.15, 0.2) is 0 Å². The lowest BCUT2D eigenvalue weighted by atomic mass is 10.2. The van der Waals surface area contributed by atoms with Gasteiger partial charge < -0.3 is 9.64 Å². The molecule has 0 N–H and O–H groups in total. The van der Waals surface area contributed by atoms with Crippen LogP contribution in [0.3, 0.4) is 0 Å². The van der Waals surface area contributed by atoms with Crippen LogP contribution in [0.1, 0.15) is 40.5 Å². The van der Waals surface area contributed by atoms with Crippen molar-refractivity contribution < 1.29 is 9.53 Å². The zero-order chi connectivity index (χ0) is 11.5. The molecule has 3 heteroatoms. The molecule has 1 fully saturated rings. The third-order valence-corrected chi connectivity index (χ3v) is 2.54. The first-order chi connectivity index (χ1) is 6.92. The van der Waals surface area contributed by atoms with Crippen LogP contribution in [0.4, 0.5) is 0 Å². The summed E-state index contributed by atoms with van der Waals surface area (Å²) in [7, 11) is 0. The molecule has 88 valence electrons. The van der Waals surface area contributed by atoms with E-state index in [1.165, 1.54) is 12.8 Å². The summed E-state index contributed by atoms with van der Waals surface area (Å²) >= 11 is 0. The molecule has 0 aromatic heterocycles. The van der Waals surface area contributed by atoms with Gasteiger partial charge in [-0.05, 0) is 46.5 Å². The molecule has 0 spiro atoms. The highest BCUT2D eigenvalue weighted by molar-refractivity contribution is 5.77. The Morgan fingerprint density at radius 3 is 2.40 bits per heavy atom. The average molecular weight is 213 g/mol. The zero-order valence-corrected chi connectivity index (χ0v) is 10.4. The highest BCUT2D eigenvalue weighted by atomic mass is 16.5.